The molecule has 0 saturated carbocycles. The summed E-state index contributed by atoms with van der Waals surface area (Å²) in [5, 5.41) is 6.35. The Kier molecular flexibility index (Phi) is 6.58. The molecule has 142 valence electrons. The number of carbonyl (C=O) groups is 2. The lowest BCUT2D eigenvalue weighted by Crippen LogP contribution is -2.50. The molecule has 5 nitrogen and oxygen atoms in total. The van der Waals surface area contributed by atoms with Gasteiger partial charge in [0.05, 0.1) is 12.1 Å². The molecule has 0 aliphatic carbocycles. The predicted molar refractivity (Wildman–Crippen MR) is 102 cm³/mol. The summed E-state index contributed by atoms with van der Waals surface area (Å²) in [4.78, 5) is 25.4. The van der Waals surface area contributed by atoms with Crippen molar-refractivity contribution in [3.05, 3.63) is 35.0 Å². The summed E-state index contributed by atoms with van der Waals surface area (Å²) in [6.45, 7) is 9.06. The Bertz CT molecular complexity index is 788. The van der Waals surface area contributed by atoms with Gasteiger partial charge in [0.1, 0.15) is 11.9 Å². The fourth-order valence-corrected chi connectivity index (χ4v) is 3.58. The zero-order chi connectivity index (χ0) is 19.4. The third-order valence-corrected chi connectivity index (χ3v) is 5.15. The number of rotatable bonds is 6. The minimum Gasteiger partial charge on any atom is -0.447 e. The number of nitrogens with one attached hydrogen (secondary N) is 2. The molecule has 1 aromatic carbocycles. The van der Waals surface area contributed by atoms with Gasteiger partial charge in [-0.2, -0.15) is 0 Å². The highest BCUT2D eigenvalue weighted by Gasteiger charge is 2.26. The van der Waals surface area contributed by atoms with Crippen LogP contribution in [0.4, 0.5) is 9.18 Å². The molecule has 0 bridgehead atoms. The Labute approximate surface area is 156 Å². The van der Waals surface area contributed by atoms with E-state index in [2.05, 4.69) is 10.6 Å². The highest BCUT2D eigenvalue weighted by atomic mass is 32.1. The van der Waals surface area contributed by atoms with Crippen molar-refractivity contribution in [1.82, 2.24) is 10.6 Å². The molecule has 2 rings (SSSR count). The summed E-state index contributed by atoms with van der Waals surface area (Å²) >= 11 is 1.51. The smallest absolute Gasteiger partial charge is 0.408 e. The molecule has 1 heterocycles. The minimum absolute atomic E-state index is 0.0987. The standard InChI is InChI=1S/C19H25FN2O3S/c1-10(2)17(22-19(24)25-11(3)4)18(23)21-12(5)16-9-13-8-14(20)6-7-15(13)26-16/h6-12,17H,1-5H3,(H,21,23)(H,22,24)/t12?,17-/m0/s1. The molecule has 0 aliphatic rings. The first-order valence-electron chi connectivity index (χ1n) is 8.64. The van der Waals surface area contributed by atoms with Gasteiger partial charge in [0.15, 0.2) is 0 Å². The van der Waals surface area contributed by atoms with E-state index in [1.807, 2.05) is 26.8 Å². The van der Waals surface area contributed by atoms with Crippen LogP contribution in [0.25, 0.3) is 10.1 Å². The highest BCUT2D eigenvalue weighted by Crippen LogP contribution is 2.30. The number of hydrogen-bond donors (Lipinski definition) is 2. The average molecular weight is 380 g/mol. The number of benzene rings is 1. The third-order valence-electron chi connectivity index (χ3n) is 3.85. The van der Waals surface area contributed by atoms with Crippen molar-refractivity contribution < 1.29 is 18.7 Å². The van der Waals surface area contributed by atoms with E-state index >= 15 is 0 Å². The lowest BCUT2D eigenvalue weighted by molar-refractivity contribution is -0.124. The molecule has 2 N–H and O–H groups in total. The fraction of sp³-hybridized carbons (Fsp3) is 0.474. The van der Waals surface area contributed by atoms with Gasteiger partial charge in [0.25, 0.3) is 0 Å². The summed E-state index contributed by atoms with van der Waals surface area (Å²) in [6.07, 6.45) is -0.873. The van der Waals surface area contributed by atoms with Crippen molar-refractivity contribution >= 4 is 33.4 Å². The molecule has 0 fully saturated rings. The average Bonchev–Trinajstić information content (AvgIpc) is 2.94. The van der Waals surface area contributed by atoms with Crippen molar-refractivity contribution in [2.75, 3.05) is 0 Å². The van der Waals surface area contributed by atoms with Gasteiger partial charge in [0.2, 0.25) is 5.91 Å². The van der Waals surface area contributed by atoms with Crippen molar-refractivity contribution in [3.8, 4) is 0 Å². The number of ether oxygens (including phenoxy) is 1. The van der Waals surface area contributed by atoms with Gasteiger partial charge < -0.3 is 15.4 Å². The molecule has 1 aromatic heterocycles. The van der Waals surface area contributed by atoms with E-state index in [-0.39, 0.29) is 29.8 Å². The van der Waals surface area contributed by atoms with Crippen LogP contribution in [0.5, 0.6) is 0 Å². The molecule has 0 saturated heterocycles. The zero-order valence-electron chi connectivity index (χ0n) is 15.6. The van der Waals surface area contributed by atoms with Crippen LogP contribution in [-0.2, 0) is 9.53 Å². The van der Waals surface area contributed by atoms with Gasteiger partial charge in [-0.15, -0.1) is 11.3 Å². The summed E-state index contributed by atoms with van der Waals surface area (Å²) in [6, 6.07) is 5.55. The molecule has 26 heavy (non-hydrogen) atoms. The molecule has 1 unspecified atom stereocenters. The van der Waals surface area contributed by atoms with Crippen LogP contribution in [0.3, 0.4) is 0 Å². The van der Waals surface area contributed by atoms with Crippen LogP contribution < -0.4 is 10.6 Å². The monoisotopic (exact) mass is 380 g/mol. The number of halogens is 1. The van der Waals surface area contributed by atoms with Gasteiger partial charge in [-0.05, 0) is 56.3 Å². The van der Waals surface area contributed by atoms with Gasteiger partial charge in [-0.3, -0.25) is 4.79 Å². The topological polar surface area (TPSA) is 67.4 Å². The van der Waals surface area contributed by atoms with Gasteiger partial charge >= 0.3 is 6.09 Å². The molecule has 0 aliphatic heterocycles. The van der Waals surface area contributed by atoms with E-state index in [1.54, 1.807) is 19.9 Å². The Morgan fingerprint density at radius 3 is 2.38 bits per heavy atom. The fourth-order valence-electron chi connectivity index (χ4n) is 2.53. The van der Waals surface area contributed by atoms with Crippen molar-refractivity contribution in [2.45, 2.75) is 52.8 Å². The zero-order valence-corrected chi connectivity index (χ0v) is 16.4. The van der Waals surface area contributed by atoms with Crippen LogP contribution in [0.15, 0.2) is 24.3 Å². The SMILES string of the molecule is CC(C)OC(=O)N[C@H](C(=O)NC(C)c1cc2cc(F)ccc2s1)C(C)C. The van der Waals surface area contributed by atoms with E-state index in [0.29, 0.717) is 0 Å². The Morgan fingerprint density at radius 2 is 1.77 bits per heavy atom. The number of hydrogen-bond acceptors (Lipinski definition) is 4. The predicted octanol–water partition coefficient (Wildman–Crippen LogP) is 4.38. The van der Waals surface area contributed by atoms with Crippen LogP contribution in [-0.4, -0.2) is 24.1 Å². The number of thiophene rings is 1. The Hall–Kier alpha value is -2.15. The molecule has 2 aromatic rings. The van der Waals surface area contributed by atoms with Crippen molar-refractivity contribution in [2.24, 2.45) is 5.92 Å². The summed E-state index contributed by atoms with van der Waals surface area (Å²) in [5.74, 6) is -0.665. The Morgan fingerprint density at radius 1 is 1.08 bits per heavy atom. The molecule has 0 radical (unpaired) electrons. The lowest BCUT2D eigenvalue weighted by Gasteiger charge is -2.24. The van der Waals surface area contributed by atoms with Gasteiger partial charge in [-0.25, -0.2) is 9.18 Å². The molecule has 0 spiro atoms. The van der Waals surface area contributed by atoms with Gasteiger partial charge in [0, 0.05) is 9.58 Å². The summed E-state index contributed by atoms with van der Waals surface area (Å²) in [5.41, 5.74) is 0. The van der Waals surface area contributed by atoms with E-state index < -0.39 is 12.1 Å². The second kappa shape index (κ2) is 8.49. The second-order valence-corrected chi connectivity index (χ2v) is 8.00. The number of fused-ring (bicyclic) bond motifs is 1. The normalized spacial score (nSPS) is 13.7. The van der Waals surface area contributed by atoms with Crippen LogP contribution >= 0.6 is 11.3 Å². The van der Waals surface area contributed by atoms with E-state index in [0.717, 1.165) is 15.0 Å². The lowest BCUT2D eigenvalue weighted by atomic mass is 10.0. The Balaban J connectivity index is 2.07. The van der Waals surface area contributed by atoms with E-state index in [9.17, 15) is 14.0 Å². The largest absolute Gasteiger partial charge is 0.447 e. The molecule has 7 heteroatoms. The first-order chi connectivity index (χ1) is 12.2. The second-order valence-electron chi connectivity index (χ2n) is 6.88. The number of amides is 2. The van der Waals surface area contributed by atoms with Crippen molar-refractivity contribution in [1.29, 1.82) is 0 Å². The maximum Gasteiger partial charge on any atom is 0.408 e. The molecular formula is C19H25FN2O3S. The van der Waals surface area contributed by atoms with Gasteiger partial charge in [-0.1, -0.05) is 13.8 Å². The van der Waals surface area contributed by atoms with E-state index in [1.165, 1.54) is 23.5 Å². The first kappa shape index (κ1) is 20.2. The highest BCUT2D eigenvalue weighted by molar-refractivity contribution is 7.19. The van der Waals surface area contributed by atoms with E-state index in [4.69, 9.17) is 4.74 Å². The number of carbonyl (C=O) groups excluding carboxylic acids is 2. The summed E-state index contributed by atoms with van der Waals surface area (Å²) in [7, 11) is 0. The molecule has 2 amide bonds. The quantitative estimate of drug-likeness (QED) is 0.782. The maximum atomic E-state index is 13.3. The van der Waals surface area contributed by atoms with Crippen LogP contribution in [0, 0.1) is 11.7 Å². The number of alkyl carbamates (subject to hydrolysis) is 1. The first-order valence-corrected chi connectivity index (χ1v) is 9.45. The molecular weight excluding hydrogens is 355 g/mol. The third kappa shape index (κ3) is 5.17. The minimum atomic E-state index is -0.699. The van der Waals surface area contributed by atoms with Crippen LogP contribution in [0.1, 0.15) is 45.5 Å². The maximum absolute atomic E-state index is 13.3. The van der Waals surface area contributed by atoms with Crippen LogP contribution in [0.2, 0.25) is 0 Å². The molecule has 2 atom stereocenters. The van der Waals surface area contributed by atoms with Crippen molar-refractivity contribution in [3.63, 3.8) is 0 Å². The summed E-state index contributed by atoms with van der Waals surface area (Å²) < 4.78 is 19.4.